The lowest BCUT2D eigenvalue weighted by Crippen LogP contribution is -2.13. The second-order valence-electron chi connectivity index (χ2n) is 7.77. The molecule has 0 radical (unpaired) electrons. The highest BCUT2D eigenvalue weighted by Crippen LogP contribution is 2.37. The first kappa shape index (κ1) is 24.9. The molecule has 10 heteroatoms. The fourth-order valence-corrected chi connectivity index (χ4v) is 3.78. The van der Waals surface area contributed by atoms with Crippen molar-refractivity contribution < 1.29 is 27.0 Å². The van der Waals surface area contributed by atoms with Gasteiger partial charge in [-0.15, -0.1) is 0 Å². The maximum atomic E-state index is 13.0. The third-order valence-corrected chi connectivity index (χ3v) is 5.50. The average Bonchev–Trinajstić information content (AvgIpc) is 2.89. The average molecular weight is 498 g/mol. The third-order valence-electron chi connectivity index (χ3n) is 5.50. The molecule has 36 heavy (non-hydrogen) atoms. The van der Waals surface area contributed by atoms with E-state index in [9.17, 15) is 17.6 Å². The molecule has 3 aromatic heterocycles. The Morgan fingerprint density at radius 1 is 0.750 bits per heavy atom. The first-order valence-electron chi connectivity index (χ1n) is 10.9. The fraction of sp³-hybridized carbons (Fsp3) is 0.192. The van der Waals surface area contributed by atoms with Crippen molar-refractivity contribution in [1.29, 1.82) is 0 Å². The number of ether oxygens (including phenoxy) is 2. The summed E-state index contributed by atoms with van der Waals surface area (Å²) in [6, 6.07) is 17.0. The lowest BCUT2D eigenvalue weighted by Gasteiger charge is -2.22. The topological polar surface area (TPSA) is 60.4 Å². The molecule has 4 aromatic rings. The molecule has 0 aliphatic rings. The van der Waals surface area contributed by atoms with Gasteiger partial charge in [-0.25, -0.2) is 9.97 Å². The lowest BCUT2D eigenvalue weighted by atomic mass is 9.87. The number of aromatic nitrogens is 3. The third kappa shape index (κ3) is 6.26. The smallest absolute Gasteiger partial charge is 0.387 e. The Bertz CT molecular complexity index is 1250. The van der Waals surface area contributed by atoms with Crippen LogP contribution >= 0.6 is 0 Å². The first-order chi connectivity index (χ1) is 17.4. The molecular formula is C26H22F4N4O2. The van der Waals surface area contributed by atoms with Gasteiger partial charge in [-0.05, 0) is 65.6 Å². The Balaban J connectivity index is 1.70. The number of halogens is 4. The van der Waals surface area contributed by atoms with Gasteiger partial charge in [0.25, 0.3) is 0 Å². The van der Waals surface area contributed by atoms with E-state index in [1.807, 2.05) is 54.4 Å². The lowest BCUT2D eigenvalue weighted by molar-refractivity contribution is -0.0692. The fourth-order valence-electron chi connectivity index (χ4n) is 3.78. The number of rotatable bonds is 10. The maximum Gasteiger partial charge on any atom is 0.387 e. The molecule has 0 bridgehead atoms. The van der Waals surface area contributed by atoms with Gasteiger partial charge >= 0.3 is 13.2 Å². The molecule has 0 spiro atoms. The van der Waals surface area contributed by atoms with E-state index in [-0.39, 0.29) is 5.92 Å². The Morgan fingerprint density at radius 3 is 2.08 bits per heavy atom. The van der Waals surface area contributed by atoms with Gasteiger partial charge in [0, 0.05) is 37.8 Å². The largest absolute Gasteiger partial charge is 0.431 e. The minimum Gasteiger partial charge on any atom is -0.431 e. The summed E-state index contributed by atoms with van der Waals surface area (Å²) < 4.78 is 60.4. The van der Waals surface area contributed by atoms with Crippen LogP contribution in [0.5, 0.6) is 11.5 Å². The number of benzene rings is 1. The van der Waals surface area contributed by atoms with Crippen molar-refractivity contribution in [3.05, 3.63) is 102 Å². The van der Waals surface area contributed by atoms with E-state index in [1.54, 1.807) is 30.9 Å². The second-order valence-corrected chi connectivity index (χ2v) is 7.77. The van der Waals surface area contributed by atoms with E-state index < -0.39 is 24.7 Å². The summed E-state index contributed by atoms with van der Waals surface area (Å²) in [6.07, 6.45) is 7.16. The summed E-state index contributed by atoms with van der Waals surface area (Å²) >= 11 is 0. The molecule has 1 atom stereocenters. The van der Waals surface area contributed by atoms with Crippen molar-refractivity contribution in [3.8, 4) is 11.5 Å². The van der Waals surface area contributed by atoms with Gasteiger partial charge in [0.2, 0.25) is 0 Å². The molecule has 0 aliphatic carbocycles. The van der Waals surface area contributed by atoms with Crippen LogP contribution in [0.4, 0.5) is 29.2 Å². The van der Waals surface area contributed by atoms with Crippen molar-refractivity contribution >= 4 is 11.6 Å². The molecule has 186 valence electrons. The van der Waals surface area contributed by atoms with Crippen LogP contribution in [0.2, 0.25) is 0 Å². The van der Waals surface area contributed by atoms with Crippen molar-refractivity contribution in [3.63, 3.8) is 0 Å². The number of anilines is 2. The predicted molar refractivity (Wildman–Crippen MR) is 126 cm³/mol. The quantitative estimate of drug-likeness (QED) is 0.242. The maximum absolute atomic E-state index is 13.0. The van der Waals surface area contributed by atoms with Crippen molar-refractivity contribution in [2.75, 3.05) is 11.9 Å². The van der Waals surface area contributed by atoms with E-state index in [1.165, 1.54) is 12.1 Å². The molecular weight excluding hydrogens is 476 g/mol. The van der Waals surface area contributed by atoms with E-state index in [0.29, 0.717) is 17.8 Å². The summed E-state index contributed by atoms with van der Waals surface area (Å²) in [5, 5.41) is 0. The Labute approximate surface area is 205 Å². The Hall–Kier alpha value is -4.21. The number of hydrogen-bond donors (Lipinski definition) is 0. The van der Waals surface area contributed by atoms with Crippen LogP contribution in [0.3, 0.4) is 0 Å². The molecule has 0 amide bonds. The van der Waals surface area contributed by atoms with Crippen LogP contribution < -0.4 is 14.4 Å². The minimum atomic E-state index is -3.21. The Kier molecular flexibility index (Phi) is 7.94. The molecule has 0 saturated heterocycles. The zero-order chi connectivity index (χ0) is 25.5. The number of nitrogens with zero attached hydrogens (tertiary/aromatic N) is 4. The van der Waals surface area contributed by atoms with Gasteiger partial charge in [-0.1, -0.05) is 18.2 Å². The van der Waals surface area contributed by atoms with Gasteiger partial charge in [-0.3, -0.25) is 4.98 Å². The van der Waals surface area contributed by atoms with Crippen molar-refractivity contribution in [2.45, 2.75) is 25.6 Å². The molecule has 6 nitrogen and oxygen atoms in total. The molecule has 1 aromatic carbocycles. The van der Waals surface area contributed by atoms with Gasteiger partial charge in [-0.2, -0.15) is 17.6 Å². The van der Waals surface area contributed by atoms with Gasteiger partial charge in [0.1, 0.15) is 11.6 Å². The SMILES string of the molecule is CN(c1ccccn1)c1ccc(C(Cc2ccncc2)c2ccc(OC(F)F)c(OC(F)F)c2)cn1. The zero-order valence-corrected chi connectivity index (χ0v) is 19.1. The minimum absolute atomic E-state index is 0.352. The highest BCUT2D eigenvalue weighted by molar-refractivity contribution is 5.55. The van der Waals surface area contributed by atoms with Crippen LogP contribution in [0.25, 0.3) is 0 Å². The van der Waals surface area contributed by atoms with Gasteiger partial charge in [0.05, 0.1) is 0 Å². The summed E-state index contributed by atoms with van der Waals surface area (Å²) in [4.78, 5) is 14.7. The van der Waals surface area contributed by atoms with Crippen LogP contribution in [0.1, 0.15) is 22.6 Å². The number of alkyl halides is 4. The number of hydrogen-bond acceptors (Lipinski definition) is 6. The van der Waals surface area contributed by atoms with Crippen LogP contribution in [-0.4, -0.2) is 35.2 Å². The summed E-state index contributed by atoms with van der Waals surface area (Å²) in [5.41, 5.74) is 2.29. The van der Waals surface area contributed by atoms with Crippen molar-refractivity contribution in [2.24, 2.45) is 0 Å². The van der Waals surface area contributed by atoms with E-state index >= 15 is 0 Å². The molecule has 0 saturated carbocycles. The van der Waals surface area contributed by atoms with Crippen LogP contribution in [0, 0.1) is 0 Å². The molecule has 1 unspecified atom stereocenters. The Morgan fingerprint density at radius 2 is 1.44 bits per heavy atom. The summed E-state index contributed by atoms with van der Waals surface area (Å²) in [7, 11) is 1.84. The van der Waals surface area contributed by atoms with Crippen LogP contribution in [0.15, 0.2) is 85.5 Å². The molecule has 0 N–H and O–H groups in total. The predicted octanol–water partition coefficient (Wildman–Crippen LogP) is 6.22. The van der Waals surface area contributed by atoms with Gasteiger partial charge < -0.3 is 14.4 Å². The summed E-state index contributed by atoms with van der Waals surface area (Å²) in [6.45, 7) is -6.39. The molecule has 0 aliphatic heterocycles. The van der Waals surface area contributed by atoms with E-state index in [0.717, 1.165) is 16.9 Å². The van der Waals surface area contributed by atoms with Gasteiger partial charge in [0.15, 0.2) is 11.5 Å². The molecule has 3 heterocycles. The van der Waals surface area contributed by atoms with E-state index in [2.05, 4.69) is 24.4 Å². The second kappa shape index (κ2) is 11.5. The normalized spacial score (nSPS) is 12.0. The summed E-state index contributed by atoms with van der Waals surface area (Å²) in [5.74, 6) is 0.0795. The monoisotopic (exact) mass is 498 g/mol. The highest BCUT2D eigenvalue weighted by atomic mass is 19.3. The number of pyridine rings is 3. The first-order valence-corrected chi connectivity index (χ1v) is 10.9. The molecule has 4 rings (SSSR count). The highest BCUT2D eigenvalue weighted by Gasteiger charge is 2.21. The zero-order valence-electron chi connectivity index (χ0n) is 19.1. The van der Waals surface area contributed by atoms with Crippen molar-refractivity contribution in [1.82, 2.24) is 15.0 Å². The van der Waals surface area contributed by atoms with Crippen LogP contribution in [-0.2, 0) is 6.42 Å². The van der Waals surface area contributed by atoms with E-state index in [4.69, 9.17) is 0 Å². The molecule has 0 fully saturated rings. The standard InChI is InChI=1S/C26H22F4N4O2/c1-34(23-4-2-3-11-32-23)24-8-6-19(16-33-24)20(14-17-9-12-31-13-10-17)18-5-7-21(35-25(27)28)22(15-18)36-26(29)30/h2-13,15-16,20,25-26H,14H2,1H3.